The van der Waals surface area contributed by atoms with E-state index in [9.17, 15) is 0 Å². The van der Waals surface area contributed by atoms with Crippen molar-refractivity contribution in [2.75, 3.05) is 4.90 Å². The van der Waals surface area contributed by atoms with Crippen LogP contribution in [0.2, 0.25) is 0 Å². The number of aryl methyl sites for hydroxylation is 1. The van der Waals surface area contributed by atoms with Gasteiger partial charge in [0.15, 0.2) is 5.75 Å². The van der Waals surface area contributed by atoms with Crippen LogP contribution in [0, 0.1) is 0 Å². The maximum atomic E-state index is 7.34. The number of furan rings is 1. The second-order valence-electron chi connectivity index (χ2n) is 17.0. The van der Waals surface area contributed by atoms with Crippen LogP contribution in [-0.4, -0.2) is 4.57 Å². The average molecular weight is 807 g/mol. The van der Waals surface area contributed by atoms with Crippen LogP contribution in [0.5, 0.6) is 11.5 Å². The highest BCUT2D eigenvalue weighted by atomic mass is 16.5. The lowest BCUT2D eigenvalue weighted by Gasteiger charge is -2.40. The summed E-state index contributed by atoms with van der Waals surface area (Å²) in [5, 5.41) is 5.96. The molecule has 0 fully saturated rings. The Hall–Kier alpha value is -8.08. The fraction of sp³-hybridized carbons (Fsp3) is 0.0508. The van der Waals surface area contributed by atoms with Gasteiger partial charge in [-0.3, -0.25) is 0 Å². The Morgan fingerprint density at radius 2 is 1.25 bits per heavy atom. The zero-order valence-corrected chi connectivity index (χ0v) is 34.3. The molecule has 2 aromatic heterocycles. The van der Waals surface area contributed by atoms with Crippen molar-refractivity contribution in [2.45, 2.75) is 18.3 Å². The van der Waals surface area contributed by atoms with Crippen LogP contribution in [-0.2, 0) is 11.8 Å². The van der Waals surface area contributed by atoms with E-state index in [0.29, 0.717) is 0 Å². The number of allylic oxidation sites excluding steroid dienone is 1. The number of aromatic nitrogens is 1. The highest BCUT2D eigenvalue weighted by Crippen LogP contribution is 2.64. The van der Waals surface area contributed by atoms with E-state index in [-0.39, 0.29) is 0 Å². The molecular weight excluding hydrogens is 769 g/mol. The molecule has 3 heterocycles. The monoisotopic (exact) mass is 806 g/mol. The van der Waals surface area contributed by atoms with E-state index in [1.165, 1.54) is 44.0 Å². The molecule has 2 aliphatic carbocycles. The molecular formula is C59H38N2O2. The third kappa shape index (κ3) is 4.64. The molecule has 4 nitrogen and oxygen atoms in total. The third-order valence-electron chi connectivity index (χ3n) is 13.9. The summed E-state index contributed by atoms with van der Waals surface area (Å²) in [6, 6.07) is 70.4. The van der Waals surface area contributed by atoms with Gasteiger partial charge in [-0.15, -0.1) is 0 Å². The molecule has 0 saturated heterocycles. The molecule has 0 radical (unpaired) electrons. The van der Waals surface area contributed by atoms with Crippen LogP contribution in [0.4, 0.5) is 17.1 Å². The minimum atomic E-state index is -0.618. The lowest BCUT2D eigenvalue weighted by Crippen LogP contribution is -2.32. The Bertz CT molecular complexity index is 3690. The van der Waals surface area contributed by atoms with Gasteiger partial charge in [-0.2, -0.15) is 0 Å². The molecule has 63 heavy (non-hydrogen) atoms. The summed E-state index contributed by atoms with van der Waals surface area (Å²) in [6.45, 7) is 0. The van der Waals surface area contributed by atoms with Gasteiger partial charge in [0.2, 0.25) is 0 Å². The fourth-order valence-corrected chi connectivity index (χ4v) is 11.4. The van der Waals surface area contributed by atoms with Crippen molar-refractivity contribution in [3.8, 4) is 28.3 Å². The number of benzene rings is 9. The quantitative estimate of drug-likeness (QED) is 0.177. The van der Waals surface area contributed by atoms with E-state index in [4.69, 9.17) is 9.15 Å². The van der Waals surface area contributed by atoms with E-state index in [1.807, 2.05) is 0 Å². The maximum Gasteiger partial charge on any atom is 0.156 e. The van der Waals surface area contributed by atoms with Gasteiger partial charge < -0.3 is 18.6 Å². The molecule has 0 saturated carbocycles. The van der Waals surface area contributed by atoms with Gasteiger partial charge in [0.1, 0.15) is 16.9 Å². The van der Waals surface area contributed by atoms with E-state index in [2.05, 4.69) is 216 Å². The number of fused-ring (bicyclic) bond motifs is 13. The van der Waals surface area contributed by atoms with Gasteiger partial charge in [0.25, 0.3) is 0 Å². The number of para-hydroxylation sites is 4. The van der Waals surface area contributed by atoms with Gasteiger partial charge in [-0.05, 0) is 117 Å². The lowest BCUT2D eigenvalue weighted by molar-refractivity contribution is 0.434. The van der Waals surface area contributed by atoms with Crippen LogP contribution in [0.25, 0.3) is 66.5 Å². The predicted octanol–water partition coefficient (Wildman–Crippen LogP) is 15.6. The van der Waals surface area contributed by atoms with Crippen molar-refractivity contribution in [1.29, 1.82) is 0 Å². The number of anilines is 3. The maximum absolute atomic E-state index is 7.34. The number of ether oxygens (including phenoxy) is 1. The van der Waals surface area contributed by atoms with Crippen molar-refractivity contribution >= 4 is 66.8 Å². The molecule has 14 rings (SSSR count). The zero-order chi connectivity index (χ0) is 41.2. The number of nitrogens with zero attached hydrogens (tertiary/aromatic N) is 2. The molecule has 9 aromatic carbocycles. The summed E-state index contributed by atoms with van der Waals surface area (Å²) in [5.41, 5.74) is 16.3. The smallest absolute Gasteiger partial charge is 0.156 e. The first-order valence-corrected chi connectivity index (χ1v) is 21.9. The normalized spacial score (nSPS) is 15.6. The molecule has 1 atom stereocenters. The first kappa shape index (κ1) is 34.6. The molecule has 296 valence electrons. The van der Waals surface area contributed by atoms with E-state index >= 15 is 0 Å². The van der Waals surface area contributed by atoms with Gasteiger partial charge in [0, 0.05) is 39.6 Å². The summed E-state index contributed by atoms with van der Waals surface area (Å²) in [5.74, 6) is 1.73. The van der Waals surface area contributed by atoms with E-state index in [0.717, 1.165) is 91.4 Å². The minimum absolute atomic E-state index is 0.618. The summed E-state index contributed by atoms with van der Waals surface area (Å²) >= 11 is 0. The Morgan fingerprint density at radius 3 is 2.11 bits per heavy atom. The van der Waals surface area contributed by atoms with E-state index in [1.54, 1.807) is 0 Å². The topological polar surface area (TPSA) is 30.5 Å². The molecule has 1 unspecified atom stereocenters. The van der Waals surface area contributed by atoms with E-state index < -0.39 is 5.41 Å². The van der Waals surface area contributed by atoms with Gasteiger partial charge >= 0.3 is 0 Å². The number of hydrogen-bond acceptors (Lipinski definition) is 3. The van der Waals surface area contributed by atoms with Crippen molar-refractivity contribution in [3.63, 3.8) is 0 Å². The largest absolute Gasteiger partial charge is 0.456 e. The Balaban J connectivity index is 1.10. The zero-order valence-electron chi connectivity index (χ0n) is 34.3. The summed E-state index contributed by atoms with van der Waals surface area (Å²) in [6.07, 6.45) is 6.49. The molecule has 1 aliphatic heterocycles. The third-order valence-corrected chi connectivity index (χ3v) is 13.9. The molecule has 3 aliphatic rings. The van der Waals surface area contributed by atoms with Gasteiger partial charge in [0.05, 0.1) is 27.7 Å². The number of rotatable bonds is 4. The summed E-state index contributed by atoms with van der Waals surface area (Å²) in [7, 11) is 0. The van der Waals surface area contributed by atoms with Crippen molar-refractivity contribution in [3.05, 3.63) is 234 Å². The van der Waals surface area contributed by atoms with Crippen LogP contribution in [0.15, 0.2) is 205 Å². The van der Waals surface area contributed by atoms with Gasteiger partial charge in [-0.1, -0.05) is 140 Å². The molecule has 0 bridgehead atoms. The molecule has 0 N–H and O–H groups in total. The Morgan fingerprint density at radius 1 is 0.524 bits per heavy atom. The average Bonchev–Trinajstić information content (AvgIpc) is 3.83. The standard InChI is InChI=1S/C59H38N2O2/c1-3-18-38(19-4-1)60(39-20-5-2-6-21-39)40-35-44-42-23-10-13-28-49(42)61(50-29-16-32-53-57(50)56(44)54(36-40)62-53)51-30-15-27-48-58(51)63-52-31-14-12-26-46(52)59(48)45-25-11-9-24-43(45)55-41-22-8-7-17-37(41)33-34-47(55)59/h1-9,11-22,24-36H,10,23H2. The highest BCUT2D eigenvalue weighted by Gasteiger charge is 2.52. The summed E-state index contributed by atoms with van der Waals surface area (Å²) < 4.78 is 16.8. The SMILES string of the molecule is C1=Cc2c(c3cc(N(c4ccccc4)c4ccccc4)cc4oc5cccc(c5c43)n2-c2cccc3c2Oc2ccccc2C32c3ccccc3-c3c2ccc2ccccc32)CC1. The molecule has 1 spiro atoms. The molecule has 11 aromatic rings. The first-order chi connectivity index (χ1) is 31.3. The highest BCUT2D eigenvalue weighted by molar-refractivity contribution is 6.22. The van der Waals surface area contributed by atoms with Crippen molar-refractivity contribution < 1.29 is 9.15 Å². The van der Waals surface area contributed by atoms with Crippen molar-refractivity contribution in [1.82, 2.24) is 4.57 Å². The first-order valence-electron chi connectivity index (χ1n) is 21.9. The minimum Gasteiger partial charge on any atom is -0.456 e. The Labute approximate surface area is 364 Å². The van der Waals surface area contributed by atoms with Crippen LogP contribution in [0.1, 0.15) is 39.9 Å². The van der Waals surface area contributed by atoms with Crippen LogP contribution in [0.3, 0.4) is 0 Å². The van der Waals surface area contributed by atoms with Crippen LogP contribution < -0.4 is 9.64 Å². The molecule has 0 amide bonds. The van der Waals surface area contributed by atoms with Gasteiger partial charge in [-0.25, -0.2) is 0 Å². The second kappa shape index (κ2) is 13.0. The second-order valence-corrected chi connectivity index (χ2v) is 17.0. The lowest BCUT2D eigenvalue weighted by atomic mass is 9.66. The summed E-state index contributed by atoms with van der Waals surface area (Å²) in [4.78, 5) is 2.34. The van der Waals surface area contributed by atoms with Crippen molar-refractivity contribution in [2.24, 2.45) is 0 Å². The Kier molecular flexibility index (Phi) is 7.12. The fourth-order valence-electron chi connectivity index (χ4n) is 11.4. The number of hydrogen-bond donors (Lipinski definition) is 0. The van der Waals surface area contributed by atoms with Crippen LogP contribution >= 0.6 is 0 Å². The predicted molar refractivity (Wildman–Crippen MR) is 257 cm³/mol. The molecule has 4 heteroatoms.